The molecule has 0 aromatic carbocycles. The van der Waals surface area contributed by atoms with E-state index < -0.39 is 17.8 Å². The highest BCUT2D eigenvalue weighted by Gasteiger charge is 2.45. The third kappa shape index (κ3) is 7.04. The highest BCUT2D eigenvalue weighted by molar-refractivity contribution is 5.24. The highest BCUT2D eigenvalue weighted by Crippen LogP contribution is 2.54. The van der Waals surface area contributed by atoms with Gasteiger partial charge in [-0.05, 0) is 75.5 Å². The van der Waals surface area contributed by atoms with Gasteiger partial charge in [-0.15, -0.1) is 0 Å². The number of hydrogen-bond acceptors (Lipinski definition) is 3. The minimum absolute atomic E-state index is 0.138. The molecule has 0 radical (unpaired) electrons. The summed E-state index contributed by atoms with van der Waals surface area (Å²) in [6, 6.07) is 0. The number of aliphatic hydroxyl groups is 3. The van der Waals surface area contributed by atoms with Crippen molar-refractivity contribution in [2.24, 2.45) is 29.1 Å². The highest BCUT2D eigenvalue weighted by atomic mass is 16.3. The molecule has 0 unspecified atom stereocenters. The Morgan fingerprint density at radius 2 is 1.71 bits per heavy atom. The van der Waals surface area contributed by atoms with Crippen LogP contribution in [0.1, 0.15) is 93.4 Å². The zero-order valence-electron chi connectivity index (χ0n) is 21.1. The molecule has 0 spiro atoms. The molecule has 0 amide bonds. The minimum Gasteiger partial charge on any atom is -0.393 e. The van der Waals surface area contributed by atoms with Crippen LogP contribution in [0.4, 0.5) is 0 Å². The number of rotatable bonds is 8. The van der Waals surface area contributed by atoms with Crippen molar-refractivity contribution in [1.82, 2.24) is 0 Å². The van der Waals surface area contributed by atoms with Crippen LogP contribution in [-0.4, -0.2) is 33.1 Å². The molecule has 2 fully saturated rings. The molecule has 2 aliphatic carbocycles. The molecule has 2 saturated carbocycles. The molecule has 0 bridgehead atoms. The van der Waals surface area contributed by atoms with Crippen LogP contribution in [0.15, 0.2) is 35.5 Å². The van der Waals surface area contributed by atoms with E-state index in [1.165, 1.54) is 24.0 Å². The van der Waals surface area contributed by atoms with Gasteiger partial charge in [0.1, 0.15) is 0 Å². The van der Waals surface area contributed by atoms with Crippen molar-refractivity contribution in [1.29, 1.82) is 0 Å². The van der Waals surface area contributed by atoms with Gasteiger partial charge in [0.15, 0.2) is 0 Å². The van der Waals surface area contributed by atoms with E-state index in [0.29, 0.717) is 37.0 Å². The maximum absolute atomic E-state index is 10.2. The van der Waals surface area contributed by atoms with Crippen LogP contribution in [0, 0.1) is 29.1 Å². The van der Waals surface area contributed by atoms with Crippen LogP contribution >= 0.6 is 0 Å². The monoisotopic (exact) mass is 432 g/mol. The average Bonchev–Trinajstić information content (AvgIpc) is 2.96. The fraction of sp³-hybridized carbons (Fsp3) is 0.786. The van der Waals surface area contributed by atoms with E-state index in [1.807, 2.05) is 13.8 Å². The van der Waals surface area contributed by atoms with Crippen LogP contribution < -0.4 is 0 Å². The predicted octanol–water partition coefficient (Wildman–Crippen LogP) is 6.20. The molecular weight excluding hydrogens is 384 g/mol. The van der Waals surface area contributed by atoms with Gasteiger partial charge in [-0.1, -0.05) is 76.5 Å². The lowest BCUT2D eigenvalue weighted by atomic mass is 9.68. The third-order valence-corrected chi connectivity index (χ3v) is 8.13. The quantitative estimate of drug-likeness (QED) is 0.400. The topological polar surface area (TPSA) is 60.7 Å². The van der Waals surface area contributed by atoms with Crippen LogP contribution in [0.5, 0.6) is 0 Å². The summed E-state index contributed by atoms with van der Waals surface area (Å²) in [7, 11) is 0. The molecule has 2 aliphatic rings. The van der Waals surface area contributed by atoms with Crippen molar-refractivity contribution in [2.75, 3.05) is 0 Å². The summed E-state index contributed by atoms with van der Waals surface area (Å²) in [5, 5.41) is 30.3. The maximum atomic E-state index is 10.2. The van der Waals surface area contributed by atoms with Crippen LogP contribution in [0.3, 0.4) is 0 Å². The van der Waals surface area contributed by atoms with E-state index in [9.17, 15) is 15.3 Å². The lowest BCUT2D eigenvalue weighted by molar-refractivity contribution is 0.0437. The summed E-state index contributed by atoms with van der Waals surface area (Å²) >= 11 is 0. The zero-order valence-corrected chi connectivity index (χ0v) is 21.1. The normalized spacial score (nSPS) is 31.8. The Balaban J connectivity index is 2.17. The van der Waals surface area contributed by atoms with Crippen LogP contribution in [0.25, 0.3) is 0 Å². The van der Waals surface area contributed by atoms with Crippen molar-refractivity contribution in [3.63, 3.8) is 0 Å². The number of allylic oxidation sites excluding steroid dienone is 4. The molecular formula is C28H48O3. The lowest BCUT2D eigenvalue weighted by Gasteiger charge is -2.37. The van der Waals surface area contributed by atoms with Gasteiger partial charge >= 0.3 is 0 Å². The van der Waals surface area contributed by atoms with Gasteiger partial charge in [-0.2, -0.15) is 0 Å². The Bertz CT molecular complexity index is 652. The van der Waals surface area contributed by atoms with Gasteiger partial charge in [0, 0.05) is 5.92 Å². The average molecular weight is 433 g/mol. The van der Waals surface area contributed by atoms with Gasteiger partial charge in [-0.3, -0.25) is 0 Å². The van der Waals surface area contributed by atoms with Gasteiger partial charge in [-0.25, -0.2) is 0 Å². The van der Waals surface area contributed by atoms with Crippen molar-refractivity contribution in [3.8, 4) is 0 Å². The number of aliphatic hydroxyl groups excluding tert-OH is 2. The SMILES string of the molecule is CCC/C(=C\C=C1C[C@@H](O)C[C@H](O)C1)[C@@H]1CC[C@H]([C@H](C)/C=C/[C@H](C)C(C)(C)O)C1(C)C. The molecule has 3 nitrogen and oxygen atoms in total. The fourth-order valence-corrected chi connectivity index (χ4v) is 5.86. The Hall–Kier alpha value is -0.900. The Morgan fingerprint density at radius 1 is 1.10 bits per heavy atom. The summed E-state index contributed by atoms with van der Waals surface area (Å²) in [5.41, 5.74) is 2.23. The third-order valence-electron chi connectivity index (χ3n) is 8.13. The molecule has 31 heavy (non-hydrogen) atoms. The van der Waals surface area contributed by atoms with E-state index in [-0.39, 0.29) is 11.3 Å². The largest absolute Gasteiger partial charge is 0.393 e. The minimum atomic E-state index is -0.686. The van der Waals surface area contributed by atoms with Crippen molar-refractivity contribution in [2.45, 2.75) is 111 Å². The van der Waals surface area contributed by atoms with E-state index >= 15 is 0 Å². The second-order valence-corrected chi connectivity index (χ2v) is 11.5. The van der Waals surface area contributed by atoms with E-state index in [4.69, 9.17) is 0 Å². The molecule has 2 rings (SSSR count). The molecule has 0 aliphatic heterocycles. The van der Waals surface area contributed by atoms with Crippen molar-refractivity contribution in [3.05, 3.63) is 35.5 Å². The second kappa shape index (κ2) is 10.8. The van der Waals surface area contributed by atoms with Crippen molar-refractivity contribution < 1.29 is 15.3 Å². The molecule has 0 heterocycles. The zero-order chi connectivity index (χ0) is 23.4. The standard InChI is InChI=1S/C28H48O3/c1-8-9-22(13-12-21-16-23(29)18-24(30)17-21)26-15-14-25(27(26,4)5)19(2)10-11-20(3)28(6,7)31/h10-13,19-20,23-26,29-31H,8-9,14-18H2,1-7H3/b11-10+,22-13+/t19-,20+,23-,24-,25-,26+/m1/s1. The molecule has 6 atom stereocenters. The molecule has 3 heteroatoms. The molecule has 178 valence electrons. The summed E-state index contributed by atoms with van der Waals surface area (Å²) in [6.45, 7) is 15.3. The maximum Gasteiger partial charge on any atom is 0.0651 e. The summed E-state index contributed by atoms with van der Waals surface area (Å²) in [6.07, 6.45) is 14.8. The first-order valence-corrected chi connectivity index (χ1v) is 12.5. The summed E-state index contributed by atoms with van der Waals surface area (Å²) in [4.78, 5) is 0. The Kier molecular flexibility index (Phi) is 9.19. The summed E-state index contributed by atoms with van der Waals surface area (Å²) in [5.74, 6) is 1.80. The van der Waals surface area contributed by atoms with Crippen molar-refractivity contribution >= 4 is 0 Å². The first-order valence-electron chi connectivity index (χ1n) is 12.5. The van der Waals surface area contributed by atoms with Gasteiger partial charge in [0.05, 0.1) is 17.8 Å². The molecule has 0 saturated heterocycles. The summed E-state index contributed by atoms with van der Waals surface area (Å²) < 4.78 is 0. The fourth-order valence-electron chi connectivity index (χ4n) is 5.86. The lowest BCUT2D eigenvalue weighted by Crippen LogP contribution is -2.30. The first kappa shape index (κ1) is 26.4. The van der Waals surface area contributed by atoms with Crippen LogP contribution in [0.2, 0.25) is 0 Å². The van der Waals surface area contributed by atoms with E-state index in [1.54, 1.807) is 0 Å². The van der Waals surface area contributed by atoms with Crippen LogP contribution in [-0.2, 0) is 0 Å². The number of hydrogen-bond donors (Lipinski definition) is 3. The van der Waals surface area contributed by atoms with E-state index in [2.05, 4.69) is 58.9 Å². The first-order chi connectivity index (χ1) is 14.4. The smallest absolute Gasteiger partial charge is 0.0651 e. The molecule has 0 aromatic heterocycles. The van der Waals surface area contributed by atoms with Gasteiger partial charge in [0.25, 0.3) is 0 Å². The van der Waals surface area contributed by atoms with Gasteiger partial charge in [0.2, 0.25) is 0 Å². The Labute approximate surface area is 191 Å². The Morgan fingerprint density at radius 3 is 2.26 bits per heavy atom. The predicted molar refractivity (Wildman–Crippen MR) is 131 cm³/mol. The second-order valence-electron chi connectivity index (χ2n) is 11.5. The molecule has 3 N–H and O–H groups in total. The van der Waals surface area contributed by atoms with E-state index in [0.717, 1.165) is 12.8 Å². The van der Waals surface area contributed by atoms with Gasteiger partial charge < -0.3 is 15.3 Å². The molecule has 0 aromatic rings.